The Balaban J connectivity index is 1.29. The molecule has 0 spiro atoms. The molecule has 3 aliphatic heterocycles. The molecule has 0 bridgehead atoms. The maximum atomic E-state index is 14.6. The van der Waals surface area contributed by atoms with Crippen LogP contribution < -0.4 is 9.64 Å². The van der Waals surface area contributed by atoms with Crippen molar-refractivity contribution in [3.05, 3.63) is 58.7 Å². The van der Waals surface area contributed by atoms with Crippen LogP contribution in [0.3, 0.4) is 0 Å². The summed E-state index contributed by atoms with van der Waals surface area (Å²) in [5.74, 6) is -0.996. The zero-order valence-electron chi connectivity index (χ0n) is 28.2. The number of carbonyl (C=O) groups excluding carboxylic acids is 1. The largest absolute Gasteiger partial charge is 0.496 e. The molecule has 2 aromatic rings. The molecule has 1 saturated carbocycles. The van der Waals surface area contributed by atoms with Gasteiger partial charge in [-0.3, -0.25) is 14.5 Å². The number of aryl methyl sites for hydroxylation is 1. The Morgan fingerprint density at radius 3 is 2.27 bits per heavy atom. The molecule has 2 aromatic carbocycles. The highest BCUT2D eigenvalue weighted by molar-refractivity contribution is 5.81. The molecular weight excluding hydrogens is 623 g/mol. The lowest BCUT2D eigenvalue weighted by molar-refractivity contribution is -0.142. The molecule has 3 heterocycles. The lowest BCUT2D eigenvalue weighted by atomic mass is 9.86. The van der Waals surface area contributed by atoms with E-state index in [1.165, 1.54) is 18.9 Å². The van der Waals surface area contributed by atoms with E-state index in [-0.39, 0.29) is 29.6 Å². The normalized spacial score (nSPS) is 26.0. The van der Waals surface area contributed by atoms with Gasteiger partial charge in [0.25, 0.3) is 0 Å². The maximum absolute atomic E-state index is 14.6. The van der Waals surface area contributed by atoms with Crippen LogP contribution >= 0.6 is 0 Å². The van der Waals surface area contributed by atoms with Crippen LogP contribution in [0.5, 0.6) is 5.75 Å². The van der Waals surface area contributed by atoms with E-state index in [1.807, 2.05) is 22.8 Å². The van der Waals surface area contributed by atoms with E-state index in [9.17, 15) is 27.9 Å². The van der Waals surface area contributed by atoms with Crippen LogP contribution in [-0.2, 0) is 20.5 Å². The first-order chi connectivity index (χ1) is 23.0. The van der Waals surface area contributed by atoms with Gasteiger partial charge >= 0.3 is 12.1 Å². The average molecular weight is 672 g/mol. The quantitative estimate of drug-likeness (QED) is 0.342. The molecule has 1 N–H and O–H groups in total. The number of anilines is 1. The van der Waals surface area contributed by atoms with Crippen LogP contribution in [-0.4, -0.2) is 92.9 Å². The van der Waals surface area contributed by atoms with Gasteiger partial charge in [0.05, 0.1) is 31.1 Å². The number of piperidine rings is 1. The van der Waals surface area contributed by atoms with Crippen LogP contribution in [0.4, 0.5) is 18.9 Å². The Labute approximate surface area is 281 Å². The molecule has 11 heteroatoms. The second kappa shape index (κ2) is 14.3. The number of ether oxygens (including phenoxy) is 2. The minimum atomic E-state index is -4.52. The van der Waals surface area contributed by atoms with Gasteiger partial charge in [0, 0.05) is 75.9 Å². The molecule has 3 saturated heterocycles. The number of halogens is 3. The number of carbonyl (C=O) groups is 2. The first-order valence-corrected chi connectivity index (χ1v) is 17.3. The van der Waals surface area contributed by atoms with E-state index in [1.54, 1.807) is 20.3 Å². The third-order valence-corrected chi connectivity index (χ3v) is 11.4. The van der Waals surface area contributed by atoms with Gasteiger partial charge in [0.2, 0.25) is 5.91 Å². The average Bonchev–Trinajstić information content (AvgIpc) is 3.84. The van der Waals surface area contributed by atoms with Crippen molar-refractivity contribution < 1.29 is 37.3 Å². The van der Waals surface area contributed by atoms with Crippen LogP contribution in [0.2, 0.25) is 0 Å². The number of likely N-dealkylation sites (tertiary alicyclic amines) is 2. The van der Waals surface area contributed by atoms with Crippen molar-refractivity contribution in [3.63, 3.8) is 0 Å². The van der Waals surface area contributed by atoms with E-state index in [4.69, 9.17) is 9.47 Å². The number of nitrogens with zero attached hydrogens (tertiary/aromatic N) is 3. The number of alkyl halides is 3. The van der Waals surface area contributed by atoms with Gasteiger partial charge in [0.15, 0.2) is 0 Å². The Hall–Kier alpha value is -3.31. The van der Waals surface area contributed by atoms with Crippen molar-refractivity contribution in [1.82, 2.24) is 9.80 Å². The molecule has 48 heavy (non-hydrogen) atoms. The zero-order valence-corrected chi connectivity index (χ0v) is 28.2. The van der Waals surface area contributed by atoms with Crippen LogP contribution in [0.25, 0.3) is 0 Å². The van der Waals surface area contributed by atoms with E-state index in [0.29, 0.717) is 63.9 Å². The van der Waals surface area contributed by atoms with Crippen molar-refractivity contribution in [2.24, 2.45) is 17.8 Å². The van der Waals surface area contributed by atoms with Crippen molar-refractivity contribution in [2.75, 3.05) is 65.0 Å². The molecule has 1 amide bonds. The van der Waals surface area contributed by atoms with Gasteiger partial charge in [-0.25, -0.2) is 0 Å². The predicted molar refractivity (Wildman–Crippen MR) is 176 cm³/mol. The fourth-order valence-electron chi connectivity index (χ4n) is 8.82. The topological polar surface area (TPSA) is 82.6 Å². The van der Waals surface area contributed by atoms with Crippen molar-refractivity contribution in [2.45, 2.75) is 69.5 Å². The van der Waals surface area contributed by atoms with Crippen LogP contribution in [0.1, 0.15) is 72.6 Å². The van der Waals surface area contributed by atoms with E-state index in [0.717, 1.165) is 47.9 Å². The zero-order chi connectivity index (χ0) is 34.2. The molecule has 262 valence electrons. The van der Waals surface area contributed by atoms with Gasteiger partial charge in [-0.2, -0.15) is 13.2 Å². The molecule has 4 atom stereocenters. The maximum Gasteiger partial charge on any atom is 0.416 e. The van der Waals surface area contributed by atoms with Crippen molar-refractivity contribution in [1.29, 1.82) is 0 Å². The van der Waals surface area contributed by atoms with E-state index >= 15 is 0 Å². The highest BCUT2D eigenvalue weighted by Crippen LogP contribution is 2.44. The number of hydrogen-bond donors (Lipinski definition) is 1. The number of benzene rings is 2. The third kappa shape index (κ3) is 7.04. The van der Waals surface area contributed by atoms with Crippen LogP contribution in [0, 0.1) is 24.7 Å². The van der Waals surface area contributed by atoms with E-state index in [2.05, 4.69) is 17.0 Å². The Bertz CT molecular complexity index is 1470. The molecule has 0 aromatic heterocycles. The summed E-state index contributed by atoms with van der Waals surface area (Å²) in [5, 5.41) is 9.52. The number of carboxylic acids is 1. The van der Waals surface area contributed by atoms with Gasteiger partial charge in [0.1, 0.15) is 5.75 Å². The molecular formula is C37H48F3N3O5. The minimum Gasteiger partial charge on any atom is -0.496 e. The van der Waals surface area contributed by atoms with Gasteiger partial charge in [-0.1, -0.05) is 31.0 Å². The predicted octanol–water partition coefficient (Wildman–Crippen LogP) is 6.17. The molecule has 8 nitrogen and oxygen atoms in total. The standard InChI is InChI=1S/C37H48F3N3O5/c1-23-16-25(8-11-34(23)48-3)30-19-42(28-6-4-5-7-28)21-32(30)35(44)43-18-26(22-47-2)31(20-43)29-10-9-27(37(38,39)40)17-33(29)41-14-12-24(13-15-41)36(45)46/h8-11,16-17,24,26,28,30-32H,4-7,12-15,18-22H2,1-3H3,(H,45,46)/t26-,30+,31?,32?/m1/s1. The summed E-state index contributed by atoms with van der Waals surface area (Å²) in [6.07, 6.45) is 0.942. The smallest absolute Gasteiger partial charge is 0.416 e. The van der Waals surface area contributed by atoms with Crippen LogP contribution in [0.15, 0.2) is 36.4 Å². The number of rotatable bonds is 9. The lowest BCUT2D eigenvalue weighted by Crippen LogP contribution is -2.39. The third-order valence-electron chi connectivity index (χ3n) is 11.4. The summed E-state index contributed by atoms with van der Waals surface area (Å²) in [5.41, 5.74) is 2.67. The second-order valence-electron chi connectivity index (χ2n) is 14.3. The fraction of sp³-hybridized carbons (Fsp3) is 0.622. The highest BCUT2D eigenvalue weighted by atomic mass is 19.4. The summed E-state index contributed by atoms with van der Waals surface area (Å²) in [6.45, 7) is 5.49. The van der Waals surface area contributed by atoms with Gasteiger partial charge in [-0.15, -0.1) is 0 Å². The summed E-state index contributed by atoms with van der Waals surface area (Å²) >= 11 is 0. The Kier molecular flexibility index (Phi) is 10.3. The van der Waals surface area contributed by atoms with Crippen molar-refractivity contribution >= 4 is 17.6 Å². The highest BCUT2D eigenvalue weighted by Gasteiger charge is 2.46. The molecule has 4 fully saturated rings. The Morgan fingerprint density at radius 2 is 1.65 bits per heavy atom. The summed E-state index contributed by atoms with van der Waals surface area (Å²) in [7, 11) is 3.27. The SMILES string of the molecule is COC[C@H]1CN(C(=O)C2CN(C3CCCC3)C[C@H]2c2ccc(OC)c(C)c2)CC1c1ccc(C(F)(F)F)cc1N1CCC(C(=O)O)CC1. The van der Waals surface area contributed by atoms with Crippen molar-refractivity contribution in [3.8, 4) is 5.75 Å². The lowest BCUT2D eigenvalue weighted by Gasteiger charge is -2.35. The number of carboxylic acid groups (broad SMARTS) is 1. The number of aliphatic carboxylic acids is 1. The monoisotopic (exact) mass is 671 g/mol. The molecule has 4 aliphatic rings. The van der Waals surface area contributed by atoms with E-state index < -0.39 is 23.6 Å². The number of amides is 1. The molecule has 0 radical (unpaired) electrons. The summed E-state index contributed by atoms with van der Waals surface area (Å²) < 4.78 is 53.0. The fourth-order valence-corrected chi connectivity index (χ4v) is 8.82. The summed E-state index contributed by atoms with van der Waals surface area (Å²) in [4.78, 5) is 32.6. The first kappa shape index (κ1) is 34.5. The number of methoxy groups -OCH3 is 2. The second-order valence-corrected chi connectivity index (χ2v) is 14.3. The van der Waals surface area contributed by atoms with Gasteiger partial charge in [-0.05, 0) is 67.5 Å². The molecule has 1 aliphatic carbocycles. The summed E-state index contributed by atoms with van der Waals surface area (Å²) in [6, 6.07) is 10.6. The molecule has 6 rings (SSSR count). The Morgan fingerprint density at radius 1 is 0.917 bits per heavy atom. The van der Waals surface area contributed by atoms with Gasteiger partial charge < -0.3 is 24.4 Å². The number of hydrogen-bond acceptors (Lipinski definition) is 6. The minimum absolute atomic E-state index is 0.0276. The molecule has 2 unspecified atom stereocenters. The first-order valence-electron chi connectivity index (χ1n) is 17.3.